The summed E-state index contributed by atoms with van der Waals surface area (Å²) in [4.78, 5) is 25.2. The fraction of sp³-hybridized carbons (Fsp3) is 0.222. The molecule has 0 aliphatic carbocycles. The maximum absolute atomic E-state index is 13.4. The van der Waals surface area contributed by atoms with Gasteiger partial charge in [0.1, 0.15) is 11.9 Å². The van der Waals surface area contributed by atoms with Crippen LogP contribution in [-0.4, -0.2) is 30.3 Å². The second kappa shape index (κ2) is 8.57. The number of nitrogens with one attached hydrogen (secondary N) is 1. The minimum atomic E-state index is -4.68. The minimum absolute atomic E-state index is 0.114. The molecule has 5 nitrogen and oxygen atoms in total. The van der Waals surface area contributed by atoms with Crippen LogP contribution in [0.1, 0.15) is 17.2 Å². The van der Waals surface area contributed by atoms with Gasteiger partial charge in [0.15, 0.2) is 0 Å². The van der Waals surface area contributed by atoms with Gasteiger partial charge in [0, 0.05) is 5.69 Å². The van der Waals surface area contributed by atoms with Crippen molar-refractivity contribution in [3.63, 3.8) is 0 Å². The maximum Gasteiger partial charge on any atom is 0.417 e. The van der Waals surface area contributed by atoms with Crippen molar-refractivity contribution in [2.24, 2.45) is 5.73 Å². The molecule has 2 rings (SSSR count). The van der Waals surface area contributed by atoms with Gasteiger partial charge in [-0.05, 0) is 42.9 Å². The third-order valence-corrected chi connectivity index (χ3v) is 4.15. The smallest absolute Gasteiger partial charge is 0.368 e. The molecule has 0 heterocycles. The van der Waals surface area contributed by atoms with Crippen LogP contribution in [0.25, 0.3) is 0 Å². The third kappa shape index (κ3) is 5.43. The normalized spacial score (nSPS) is 12.7. The second-order valence-corrected chi connectivity index (χ2v) is 6.42. The molecule has 2 amide bonds. The van der Waals surface area contributed by atoms with E-state index in [1.807, 2.05) is 0 Å². The highest BCUT2D eigenvalue weighted by molar-refractivity contribution is 6.31. The number of carbonyl (C=O) groups excluding carboxylic acids is 2. The molecule has 3 N–H and O–H groups in total. The Balaban J connectivity index is 2.14. The molecule has 0 aromatic heterocycles. The number of benzene rings is 2. The molecule has 0 saturated heterocycles. The lowest BCUT2D eigenvalue weighted by Gasteiger charge is -2.25. The first-order valence-electron chi connectivity index (χ1n) is 7.90. The lowest BCUT2D eigenvalue weighted by atomic mass is 10.0. The van der Waals surface area contributed by atoms with Gasteiger partial charge in [-0.25, -0.2) is 4.39 Å². The molecule has 2 aromatic carbocycles. The van der Waals surface area contributed by atoms with Crippen LogP contribution in [0.4, 0.5) is 23.2 Å². The molecule has 0 fully saturated rings. The number of carbonyl (C=O) groups is 2. The van der Waals surface area contributed by atoms with Gasteiger partial charge in [-0.1, -0.05) is 23.7 Å². The standard InChI is InChI=1S/C18H16ClF4N3O2/c1-26(16(17(24)28)10-3-2-4-11(20)7-10)9-15(27)25-12-5-6-14(19)13(8-12)18(21,22)23/h2-8,16H,9H2,1H3,(H2,24,28)(H,25,27). The number of halogens is 5. The summed E-state index contributed by atoms with van der Waals surface area (Å²) in [5.41, 5.74) is 4.40. The largest absolute Gasteiger partial charge is 0.417 e. The second-order valence-electron chi connectivity index (χ2n) is 6.02. The lowest BCUT2D eigenvalue weighted by Crippen LogP contribution is -2.39. The van der Waals surface area contributed by atoms with Crippen LogP contribution >= 0.6 is 11.6 Å². The van der Waals surface area contributed by atoms with Crippen molar-refractivity contribution in [2.45, 2.75) is 12.2 Å². The molecule has 0 spiro atoms. The Labute approximate surface area is 163 Å². The molecule has 0 saturated carbocycles. The molecule has 1 atom stereocenters. The Morgan fingerprint density at radius 3 is 2.46 bits per heavy atom. The summed E-state index contributed by atoms with van der Waals surface area (Å²) in [6.45, 7) is -0.381. The number of nitrogens with zero attached hydrogens (tertiary/aromatic N) is 1. The quantitative estimate of drug-likeness (QED) is 0.705. The number of primary amides is 1. The molecule has 0 bridgehead atoms. The van der Waals surface area contributed by atoms with E-state index in [4.69, 9.17) is 17.3 Å². The summed E-state index contributed by atoms with van der Waals surface area (Å²) in [5, 5.41) is 1.81. The first-order valence-corrected chi connectivity index (χ1v) is 8.28. The summed E-state index contributed by atoms with van der Waals surface area (Å²) in [6.07, 6.45) is -4.68. The van der Waals surface area contributed by atoms with Gasteiger partial charge in [0.25, 0.3) is 0 Å². The molecule has 0 aliphatic rings. The molecular formula is C18H16ClF4N3O2. The maximum atomic E-state index is 13.4. The Kier molecular flexibility index (Phi) is 6.63. The van der Waals surface area contributed by atoms with E-state index in [1.165, 1.54) is 36.2 Å². The van der Waals surface area contributed by atoms with Crippen molar-refractivity contribution in [3.8, 4) is 0 Å². The average Bonchev–Trinajstić information content (AvgIpc) is 2.55. The van der Waals surface area contributed by atoms with Crippen LogP contribution in [0.5, 0.6) is 0 Å². The summed E-state index contributed by atoms with van der Waals surface area (Å²) < 4.78 is 52.1. The van der Waals surface area contributed by atoms with Crippen molar-refractivity contribution >= 4 is 29.1 Å². The molecule has 150 valence electrons. The first-order chi connectivity index (χ1) is 13.0. The van der Waals surface area contributed by atoms with Crippen molar-refractivity contribution < 1.29 is 27.2 Å². The summed E-state index contributed by atoms with van der Waals surface area (Å²) in [5.74, 6) is -2.09. The van der Waals surface area contributed by atoms with Gasteiger partial charge in [0.2, 0.25) is 11.8 Å². The topological polar surface area (TPSA) is 75.4 Å². The molecule has 10 heteroatoms. The number of anilines is 1. The number of nitrogens with two attached hydrogens (primary N) is 1. The minimum Gasteiger partial charge on any atom is -0.368 e. The molecule has 1 unspecified atom stereocenters. The number of hydrogen-bond donors (Lipinski definition) is 2. The van der Waals surface area contributed by atoms with Gasteiger partial charge >= 0.3 is 6.18 Å². The highest BCUT2D eigenvalue weighted by Crippen LogP contribution is 2.36. The van der Waals surface area contributed by atoms with Crippen LogP contribution in [0.2, 0.25) is 5.02 Å². The summed E-state index contributed by atoms with van der Waals surface area (Å²) in [6, 6.07) is 7.00. The molecular weight excluding hydrogens is 402 g/mol. The number of hydrogen-bond acceptors (Lipinski definition) is 3. The SMILES string of the molecule is CN(CC(=O)Nc1ccc(Cl)c(C(F)(F)F)c1)C(C(N)=O)c1cccc(F)c1. The van der Waals surface area contributed by atoms with E-state index in [2.05, 4.69) is 5.32 Å². The zero-order chi connectivity index (χ0) is 21.1. The average molecular weight is 418 g/mol. The number of likely N-dealkylation sites (N-methyl/N-ethyl adjacent to an activating group) is 1. The van der Waals surface area contributed by atoms with Crippen molar-refractivity contribution in [2.75, 3.05) is 18.9 Å². The van der Waals surface area contributed by atoms with Crippen molar-refractivity contribution in [3.05, 3.63) is 64.4 Å². The Bertz CT molecular complexity index is 889. The van der Waals surface area contributed by atoms with Crippen LogP contribution in [-0.2, 0) is 15.8 Å². The molecule has 0 aliphatic heterocycles. The highest BCUT2D eigenvalue weighted by atomic mass is 35.5. The van der Waals surface area contributed by atoms with Gasteiger partial charge in [-0.3, -0.25) is 14.5 Å². The molecule has 2 aromatic rings. The Morgan fingerprint density at radius 2 is 1.89 bits per heavy atom. The van der Waals surface area contributed by atoms with E-state index in [1.54, 1.807) is 0 Å². The van der Waals surface area contributed by atoms with E-state index in [9.17, 15) is 27.2 Å². The van der Waals surface area contributed by atoms with Crippen molar-refractivity contribution in [1.29, 1.82) is 0 Å². The predicted octanol–water partition coefficient (Wildman–Crippen LogP) is 3.59. The molecule has 28 heavy (non-hydrogen) atoms. The van der Waals surface area contributed by atoms with Gasteiger partial charge < -0.3 is 11.1 Å². The van der Waals surface area contributed by atoms with Crippen molar-refractivity contribution in [1.82, 2.24) is 4.90 Å². The molecule has 0 radical (unpaired) electrons. The monoisotopic (exact) mass is 417 g/mol. The number of rotatable bonds is 6. The van der Waals surface area contributed by atoms with E-state index >= 15 is 0 Å². The van der Waals surface area contributed by atoms with Crippen LogP contribution < -0.4 is 11.1 Å². The van der Waals surface area contributed by atoms with Crippen LogP contribution in [0.15, 0.2) is 42.5 Å². The van der Waals surface area contributed by atoms with Crippen LogP contribution in [0, 0.1) is 5.82 Å². The Morgan fingerprint density at radius 1 is 1.21 bits per heavy atom. The zero-order valence-corrected chi connectivity index (χ0v) is 15.3. The summed E-state index contributed by atoms with van der Waals surface area (Å²) in [7, 11) is 1.41. The zero-order valence-electron chi connectivity index (χ0n) is 14.6. The fourth-order valence-electron chi connectivity index (χ4n) is 2.65. The van der Waals surface area contributed by atoms with Gasteiger partial charge in [0.05, 0.1) is 17.1 Å². The fourth-order valence-corrected chi connectivity index (χ4v) is 2.88. The van der Waals surface area contributed by atoms with Crippen LogP contribution in [0.3, 0.4) is 0 Å². The lowest BCUT2D eigenvalue weighted by molar-refractivity contribution is -0.137. The van der Waals surface area contributed by atoms with E-state index < -0.39 is 40.4 Å². The summed E-state index contributed by atoms with van der Waals surface area (Å²) >= 11 is 5.54. The predicted molar refractivity (Wildman–Crippen MR) is 96.0 cm³/mol. The van der Waals surface area contributed by atoms with Gasteiger partial charge in [-0.2, -0.15) is 13.2 Å². The number of amides is 2. The Hall–Kier alpha value is -2.65. The third-order valence-electron chi connectivity index (χ3n) is 3.82. The van der Waals surface area contributed by atoms with E-state index in [0.29, 0.717) is 6.07 Å². The highest BCUT2D eigenvalue weighted by Gasteiger charge is 2.33. The number of alkyl halides is 3. The van der Waals surface area contributed by atoms with E-state index in [-0.39, 0.29) is 17.8 Å². The first kappa shape index (κ1) is 21.6. The van der Waals surface area contributed by atoms with Gasteiger partial charge in [-0.15, -0.1) is 0 Å². The van der Waals surface area contributed by atoms with E-state index in [0.717, 1.165) is 12.1 Å².